The second-order valence-corrected chi connectivity index (χ2v) is 8.58. The van der Waals surface area contributed by atoms with Gasteiger partial charge in [-0.1, -0.05) is 61.9 Å². The van der Waals surface area contributed by atoms with Gasteiger partial charge in [0, 0.05) is 23.2 Å². The van der Waals surface area contributed by atoms with Crippen molar-refractivity contribution in [2.75, 3.05) is 11.9 Å². The lowest BCUT2D eigenvalue weighted by Gasteiger charge is -2.16. The number of carboxylic acid groups (broad SMARTS) is 1. The van der Waals surface area contributed by atoms with Crippen molar-refractivity contribution < 1.29 is 24.2 Å². The Bertz CT molecular complexity index is 1180. The Kier molecular flexibility index (Phi) is 7.45. The first kappa shape index (κ1) is 24.0. The van der Waals surface area contributed by atoms with Crippen LogP contribution in [0.2, 0.25) is 0 Å². The molecule has 35 heavy (non-hydrogen) atoms. The van der Waals surface area contributed by atoms with Gasteiger partial charge in [0.25, 0.3) is 5.91 Å². The molecule has 0 aliphatic heterocycles. The maximum Gasteiger partial charge on any atom is 0.411 e. The summed E-state index contributed by atoms with van der Waals surface area (Å²) < 4.78 is 5.55. The van der Waals surface area contributed by atoms with Gasteiger partial charge in [0.15, 0.2) is 0 Å². The fourth-order valence-corrected chi connectivity index (χ4v) is 4.51. The lowest BCUT2D eigenvalue weighted by molar-refractivity contribution is -0.137. The Morgan fingerprint density at radius 3 is 2.09 bits per heavy atom. The summed E-state index contributed by atoms with van der Waals surface area (Å²) in [5.41, 5.74) is 5.48. The number of aliphatic carboxylic acids is 1. The molecule has 0 radical (unpaired) electrons. The van der Waals surface area contributed by atoms with E-state index in [1.54, 1.807) is 24.3 Å². The molecule has 0 saturated carbocycles. The Morgan fingerprint density at radius 1 is 0.914 bits per heavy atom. The molecule has 7 heteroatoms. The third-order valence-corrected chi connectivity index (χ3v) is 6.13. The van der Waals surface area contributed by atoms with Crippen LogP contribution in [0.3, 0.4) is 0 Å². The molecule has 0 unspecified atom stereocenters. The first-order valence-corrected chi connectivity index (χ1v) is 11.7. The number of amides is 2. The highest BCUT2D eigenvalue weighted by Crippen LogP contribution is 2.44. The summed E-state index contributed by atoms with van der Waals surface area (Å²) in [6, 6.07) is 22.2. The molecule has 3 aromatic rings. The number of ether oxygens (including phenoxy) is 1. The molecule has 3 N–H and O–H groups in total. The Hall–Kier alpha value is -4.13. The molecule has 0 spiro atoms. The van der Waals surface area contributed by atoms with E-state index in [1.807, 2.05) is 31.2 Å². The SMILES string of the molecule is CCC[C@H](CC(=O)O)NC(=O)c1ccc(NC(=O)OCC2c3ccccc3-c3ccccc32)cc1. The van der Waals surface area contributed by atoms with Crippen LogP contribution in [0.5, 0.6) is 0 Å². The van der Waals surface area contributed by atoms with Crippen molar-refractivity contribution in [1.29, 1.82) is 0 Å². The number of hydrogen-bond acceptors (Lipinski definition) is 4. The summed E-state index contributed by atoms with van der Waals surface area (Å²) in [6.45, 7) is 2.15. The smallest absolute Gasteiger partial charge is 0.411 e. The summed E-state index contributed by atoms with van der Waals surface area (Å²) in [4.78, 5) is 35.9. The zero-order valence-corrected chi connectivity index (χ0v) is 19.5. The fraction of sp³-hybridized carbons (Fsp3) is 0.250. The molecule has 0 aromatic heterocycles. The molecule has 3 aromatic carbocycles. The molecule has 1 atom stereocenters. The number of rotatable bonds is 9. The van der Waals surface area contributed by atoms with E-state index in [0.29, 0.717) is 17.7 Å². The van der Waals surface area contributed by atoms with Gasteiger partial charge < -0.3 is 15.2 Å². The molecule has 1 aliphatic rings. The minimum absolute atomic E-state index is 0.0268. The normalized spacial score (nSPS) is 12.8. The fourth-order valence-electron chi connectivity index (χ4n) is 4.51. The lowest BCUT2D eigenvalue weighted by Crippen LogP contribution is -2.36. The number of nitrogens with one attached hydrogen (secondary N) is 2. The van der Waals surface area contributed by atoms with Crippen molar-refractivity contribution in [3.05, 3.63) is 89.5 Å². The third kappa shape index (κ3) is 5.69. The average molecular weight is 473 g/mol. The molecule has 2 amide bonds. The van der Waals surface area contributed by atoms with Crippen molar-refractivity contribution in [1.82, 2.24) is 5.32 Å². The van der Waals surface area contributed by atoms with Crippen LogP contribution in [0.4, 0.5) is 10.5 Å². The minimum atomic E-state index is -0.952. The second-order valence-electron chi connectivity index (χ2n) is 8.58. The van der Waals surface area contributed by atoms with Gasteiger partial charge in [0.1, 0.15) is 6.61 Å². The highest BCUT2D eigenvalue weighted by molar-refractivity contribution is 5.95. The van der Waals surface area contributed by atoms with Crippen LogP contribution in [0.15, 0.2) is 72.8 Å². The van der Waals surface area contributed by atoms with Gasteiger partial charge >= 0.3 is 12.1 Å². The van der Waals surface area contributed by atoms with Gasteiger partial charge in [-0.2, -0.15) is 0 Å². The summed E-state index contributed by atoms with van der Waals surface area (Å²) >= 11 is 0. The van der Waals surface area contributed by atoms with E-state index in [2.05, 4.69) is 34.9 Å². The van der Waals surface area contributed by atoms with Crippen LogP contribution in [0, 0.1) is 0 Å². The Morgan fingerprint density at radius 2 is 1.51 bits per heavy atom. The van der Waals surface area contributed by atoms with E-state index in [9.17, 15) is 14.4 Å². The van der Waals surface area contributed by atoms with Crippen molar-refractivity contribution >= 4 is 23.7 Å². The first-order valence-electron chi connectivity index (χ1n) is 11.7. The summed E-state index contributed by atoms with van der Waals surface area (Å²) in [7, 11) is 0. The first-order chi connectivity index (χ1) is 17.0. The molecule has 0 heterocycles. The van der Waals surface area contributed by atoms with Crippen LogP contribution in [0.1, 0.15) is 53.6 Å². The molecular formula is C28H28N2O5. The number of anilines is 1. The second kappa shape index (κ2) is 10.9. The van der Waals surface area contributed by atoms with E-state index in [4.69, 9.17) is 9.84 Å². The molecule has 7 nitrogen and oxygen atoms in total. The molecule has 0 saturated heterocycles. The highest BCUT2D eigenvalue weighted by Gasteiger charge is 2.29. The number of carbonyl (C=O) groups is 3. The van der Waals surface area contributed by atoms with Gasteiger partial charge in [-0.15, -0.1) is 0 Å². The number of carboxylic acids is 1. The third-order valence-electron chi connectivity index (χ3n) is 6.13. The number of hydrogen-bond donors (Lipinski definition) is 3. The molecule has 0 bridgehead atoms. The zero-order chi connectivity index (χ0) is 24.8. The van der Waals surface area contributed by atoms with E-state index in [-0.39, 0.29) is 24.9 Å². The predicted molar refractivity (Wildman–Crippen MR) is 134 cm³/mol. The summed E-state index contributed by atoms with van der Waals surface area (Å²) in [5.74, 6) is -1.33. The minimum Gasteiger partial charge on any atom is -0.481 e. The molecule has 180 valence electrons. The van der Waals surface area contributed by atoms with Gasteiger partial charge in [0.05, 0.1) is 6.42 Å². The van der Waals surface area contributed by atoms with Crippen LogP contribution >= 0.6 is 0 Å². The average Bonchev–Trinajstić information content (AvgIpc) is 3.16. The highest BCUT2D eigenvalue weighted by atomic mass is 16.5. The number of carbonyl (C=O) groups excluding carboxylic acids is 2. The van der Waals surface area contributed by atoms with Crippen molar-refractivity contribution in [2.24, 2.45) is 0 Å². The van der Waals surface area contributed by atoms with Crippen molar-refractivity contribution in [3.8, 4) is 11.1 Å². The van der Waals surface area contributed by atoms with Gasteiger partial charge in [-0.3, -0.25) is 14.9 Å². The molecular weight excluding hydrogens is 444 g/mol. The van der Waals surface area contributed by atoms with Crippen LogP contribution in [0.25, 0.3) is 11.1 Å². The van der Waals surface area contributed by atoms with Crippen molar-refractivity contribution in [2.45, 2.75) is 38.1 Å². The predicted octanol–water partition coefficient (Wildman–Crippen LogP) is 5.42. The lowest BCUT2D eigenvalue weighted by atomic mass is 9.98. The molecule has 1 aliphatic carbocycles. The zero-order valence-electron chi connectivity index (χ0n) is 19.5. The van der Waals surface area contributed by atoms with Gasteiger partial charge in [0.2, 0.25) is 0 Å². The standard InChI is InChI=1S/C28H28N2O5/c1-2-7-20(16-26(31)32)29-27(33)18-12-14-19(15-13-18)30-28(34)35-17-25-23-10-5-3-8-21(23)22-9-4-6-11-24(22)25/h3-6,8-15,20,25H,2,7,16-17H2,1H3,(H,29,33)(H,30,34)(H,31,32)/t20-/m1/s1. The van der Waals surface area contributed by atoms with E-state index < -0.39 is 18.1 Å². The summed E-state index contributed by atoms with van der Waals surface area (Å²) in [5, 5.41) is 14.5. The topological polar surface area (TPSA) is 105 Å². The largest absolute Gasteiger partial charge is 0.481 e. The number of benzene rings is 3. The number of fused-ring (bicyclic) bond motifs is 3. The van der Waals surface area contributed by atoms with Crippen LogP contribution in [-0.4, -0.2) is 35.7 Å². The maximum atomic E-state index is 12.5. The van der Waals surface area contributed by atoms with Crippen LogP contribution in [-0.2, 0) is 9.53 Å². The molecule has 4 rings (SSSR count). The van der Waals surface area contributed by atoms with Gasteiger partial charge in [-0.05, 0) is 52.9 Å². The summed E-state index contributed by atoms with van der Waals surface area (Å²) in [6.07, 6.45) is 0.648. The quantitative estimate of drug-likeness (QED) is 0.386. The van der Waals surface area contributed by atoms with E-state index >= 15 is 0 Å². The molecule has 0 fully saturated rings. The van der Waals surface area contributed by atoms with E-state index in [1.165, 1.54) is 0 Å². The monoisotopic (exact) mass is 472 g/mol. The van der Waals surface area contributed by atoms with Crippen LogP contribution < -0.4 is 10.6 Å². The van der Waals surface area contributed by atoms with Gasteiger partial charge in [-0.25, -0.2) is 4.79 Å². The van der Waals surface area contributed by atoms with E-state index in [0.717, 1.165) is 28.7 Å². The Labute approximate surface area is 204 Å². The van der Waals surface area contributed by atoms with Crippen molar-refractivity contribution in [3.63, 3.8) is 0 Å². The Balaban J connectivity index is 1.34. The maximum absolute atomic E-state index is 12.5.